The number of hydrogen-bond donors (Lipinski definition) is 1. The zero-order chi connectivity index (χ0) is 22.8. The van der Waals surface area contributed by atoms with Crippen LogP contribution in [0.1, 0.15) is 58.5 Å². The third-order valence-electron chi connectivity index (χ3n) is 5.61. The molecular formula is C26H27N3O3. The summed E-state index contributed by atoms with van der Waals surface area (Å²) in [6.45, 7) is 7.93. The third-order valence-corrected chi connectivity index (χ3v) is 5.61. The number of aromatic nitrogens is 2. The van der Waals surface area contributed by atoms with Crippen LogP contribution in [0.5, 0.6) is 0 Å². The largest absolute Gasteiger partial charge is 0.509 e. The predicted octanol–water partition coefficient (Wildman–Crippen LogP) is 5.40. The molecule has 6 nitrogen and oxygen atoms in total. The maximum atomic E-state index is 13.6. The maximum absolute atomic E-state index is 13.6. The number of Topliss-reactive ketones (excluding diaryl/α,β-unsaturated/α-hetero) is 1. The Morgan fingerprint density at radius 3 is 2.44 bits per heavy atom. The molecule has 0 amide bonds. The van der Waals surface area contributed by atoms with Crippen LogP contribution in [-0.2, 0) is 4.84 Å². The van der Waals surface area contributed by atoms with Crippen molar-refractivity contribution in [2.75, 3.05) is 11.7 Å². The van der Waals surface area contributed by atoms with Gasteiger partial charge in [-0.2, -0.15) is 5.10 Å². The Morgan fingerprint density at radius 2 is 1.81 bits per heavy atom. The number of hydrogen-bond acceptors (Lipinski definition) is 6. The number of benzene rings is 2. The number of anilines is 1. The Hall–Kier alpha value is -3.51. The fraction of sp³-hybridized carbons (Fsp3) is 0.269. The molecule has 0 saturated heterocycles. The van der Waals surface area contributed by atoms with E-state index in [-0.39, 0.29) is 23.7 Å². The SMILES string of the molecule is Cc1cccc(C(=O)C2=C(O)CON(c3ccc(C)nn3)C2c2ccc(C(C)C)cc2)c1. The Kier molecular flexibility index (Phi) is 6.06. The second kappa shape index (κ2) is 8.93. The van der Waals surface area contributed by atoms with Gasteiger partial charge in [0, 0.05) is 5.56 Å². The first-order valence-electron chi connectivity index (χ1n) is 10.7. The predicted molar refractivity (Wildman–Crippen MR) is 124 cm³/mol. The number of ketones is 1. The van der Waals surface area contributed by atoms with Crippen molar-refractivity contribution in [1.82, 2.24) is 10.2 Å². The summed E-state index contributed by atoms with van der Waals surface area (Å²) in [5, 5.41) is 20.8. The highest BCUT2D eigenvalue weighted by Gasteiger charge is 2.38. The lowest BCUT2D eigenvalue weighted by Crippen LogP contribution is -2.39. The van der Waals surface area contributed by atoms with Crippen molar-refractivity contribution < 1.29 is 14.7 Å². The molecule has 1 aliphatic heterocycles. The summed E-state index contributed by atoms with van der Waals surface area (Å²) in [7, 11) is 0. The highest BCUT2D eigenvalue weighted by molar-refractivity contribution is 6.10. The molecule has 2 heterocycles. The zero-order valence-corrected chi connectivity index (χ0v) is 18.7. The molecule has 1 N–H and O–H groups in total. The molecule has 0 aliphatic carbocycles. The molecule has 1 atom stereocenters. The fourth-order valence-corrected chi connectivity index (χ4v) is 3.83. The second-order valence-electron chi connectivity index (χ2n) is 8.42. The number of rotatable bonds is 5. The van der Waals surface area contributed by atoms with Crippen molar-refractivity contribution in [3.8, 4) is 0 Å². The van der Waals surface area contributed by atoms with E-state index in [0.29, 0.717) is 17.3 Å². The van der Waals surface area contributed by atoms with Crippen LogP contribution in [0.2, 0.25) is 0 Å². The van der Waals surface area contributed by atoms with E-state index in [4.69, 9.17) is 4.84 Å². The van der Waals surface area contributed by atoms with Gasteiger partial charge in [0.2, 0.25) is 0 Å². The van der Waals surface area contributed by atoms with Gasteiger partial charge in [-0.05, 0) is 49.1 Å². The van der Waals surface area contributed by atoms with Crippen molar-refractivity contribution in [1.29, 1.82) is 0 Å². The standard InChI is InChI=1S/C26H27N3O3/c1-16(2)19-9-11-20(12-10-19)25-24(26(31)21-7-5-6-17(3)14-21)22(30)15-32-29(25)23-13-8-18(4)27-28-23/h5-14,16,25,30H,15H2,1-4H3. The van der Waals surface area contributed by atoms with Crippen LogP contribution in [0, 0.1) is 13.8 Å². The van der Waals surface area contributed by atoms with E-state index < -0.39 is 6.04 Å². The minimum absolute atomic E-state index is 0.0780. The zero-order valence-electron chi connectivity index (χ0n) is 18.7. The van der Waals surface area contributed by atoms with Crippen LogP contribution in [0.15, 0.2) is 72.0 Å². The van der Waals surface area contributed by atoms with Crippen molar-refractivity contribution >= 4 is 11.6 Å². The molecule has 32 heavy (non-hydrogen) atoms. The van der Waals surface area contributed by atoms with Gasteiger partial charge in [-0.1, -0.05) is 61.9 Å². The average molecular weight is 430 g/mol. The minimum Gasteiger partial charge on any atom is -0.509 e. The number of aliphatic hydroxyl groups is 1. The molecule has 4 rings (SSSR count). The van der Waals surface area contributed by atoms with Crippen molar-refractivity contribution in [2.24, 2.45) is 0 Å². The van der Waals surface area contributed by atoms with Crippen LogP contribution in [0.4, 0.5) is 5.82 Å². The molecule has 1 aliphatic rings. The number of aryl methyl sites for hydroxylation is 2. The van der Waals surface area contributed by atoms with Crippen molar-refractivity contribution in [3.05, 3.63) is 99.9 Å². The molecule has 0 saturated carbocycles. The van der Waals surface area contributed by atoms with Gasteiger partial charge in [0.1, 0.15) is 18.4 Å². The first-order chi connectivity index (χ1) is 15.3. The lowest BCUT2D eigenvalue weighted by molar-refractivity contribution is 0.0633. The quantitative estimate of drug-likeness (QED) is 0.547. The molecule has 0 bridgehead atoms. The first-order valence-corrected chi connectivity index (χ1v) is 10.7. The molecule has 1 aromatic heterocycles. The van der Waals surface area contributed by atoms with Gasteiger partial charge in [-0.15, -0.1) is 5.10 Å². The van der Waals surface area contributed by atoms with Gasteiger partial charge >= 0.3 is 0 Å². The molecule has 0 radical (unpaired) electrons. The van der Waals surface area contributed by atoms with E-state index in [9.17, 15) is 9.90 Å². The smallest absolute Gasteiger partial charge is 0.195 e. The Bertz CT molecular complexity index is 1150. The Morgan fingerprint density at radius 1 is 1.06 bits per heavy atom. The van der Waals surface area contributed by atoms with Gasteiger partial charge < -0.3 is 5.11 Å². The first kappa shape index (κ1) is 21.7. The number of carbonyl (C=O) groups excluding carboxylic acids is 1. The van der Waals surface area contributed by atoms with Crippen molar-refractivity contribution in [2.45, 2.75) is 39.7 Å². The summed E-state index contributed by atoms with van der Waals surface area (Å²) in [5.74, 6) is 0.530. The van der Waals surface area contributed by atoms with E-state index in [2.05, 4.69) is 24.0 Å². The molecule has 0 fully saturated rings. The highest BCUT2D eigenvalue weighted by Crippen LogP contribution is 2.38. The molecule has 0 spiro atoms. The lowest BCUT2D eigenvalue weighted by Gasteiger charge is -2.36. The van der Waals surface area contributed by atoms with E-state index in [0.717, 1.165) is 16.8 Å². The monoisotopic (exact) mass is 429 g/mol. The van der Waals surface area contributed by atoms with Gasteiger partial charge in [-0.25, -0.2) is 5.06 Å². The summed E-state index contributed by atoms with van der Waals surface area (Å²) < 4.78 is 0. The summed E-state index contributed by atoms with van der Waals surface area (Å²) in [5.41, 5.74) is 4.56. The number of nitrogens with zero attached hydrogens (tertiary/aromatic N) is 3. The second-order valence-corrected chi connectivity index (χ2v) is 8.42. The molecule has 2 aromatic carbocycles. The average Bonchev–Trinajstić information content (AvgIpc) is 2.79. The Labute approximate surface area is 188 Å². The summed E-state index contributed by atoms with van der Waals surface area (Å²) in [6.07, 6.45) is 0. The molecule has 3 aromatic rings. The normalized spacial score (nSPS) is 16.5. The van der Waals surface area contributed by atoms with Crippen LogP contribution in [0.3, 0.4) is 0 Å². The van der Waals surface area contributed by atoms with Crippen LogP contribution >= 0.6 is 0 Å². The molecule has 6 heteroatoms. The van der Waals surface area contributed by atoms with Crippen LogP contribution < -0.4 is 5.06 Å². The van der Waals surface area contributed by atoms with Gasteiger partial charge in [0.15, 0.2) is 11.6 Å². The molecule has 1 unspecified atom stereocenters. The van der Waals surface area contributed by atoms with Crippen LogP contribution in [-0.4, -0.2) is 27.7 Å². The maximum Gasteiger partial charge on any atom is 0.195 e. The summed E-state index contributed by atoms with van der Waals surface area (Å²) in [4.78, 5) is 19.5. The Balaban J connectivity index is 1.84. The number of hydroxylamine groups is 1. The lowest BCUT2D eigenvalue weighted by atomic mass is 9.88. The van der Waals surface area contributed by atoms with Gasteiger partial charge in [0.25, 0.3) is 0 Å². The van der Waals surface area contributed by atoms with Crippen molar-refractivity contribution in [3.63, 3.8) is 0 Å². The molecular weight excluding hydrogens is 402 g/mol. The topological polar surface area (TPSA) is 75.6 Å². The van der Waals surface area contributed by atoms with E-state index in [1.807, 2.05) is 62.4 Å². The van der Waals surface area contributed by atoms with E-state index in [1.54, 1.807) is 17.2 Å². The fourth-order valence-electron chi connectivity index (χ4n) is 3.83. The number of carbonyl (C=O) groups is 1. The summed E-state index contributed by atoms with van der Waals surface area (Å²) in [6, 6.07) is 18.4. The van der Waals surface area contributed by atoms with E-state index >= 15 is 0 Å². The van der Waals surface area contributed by atoms with Gasteiger partial charge in [0.05, 0.1) is 11.3 Å². The minimum atomic E-state index is -0.671. The highest BCUT2D eigenvalue weighted by atomic mass is 16.7. The van der Waals surface area contributed by atoms with E-state index in [1.165, 1.54) is 5.56 Å². The number of aliphatic hydroxyl groups excluding tert-OH is 1. The van der Waals surface area contributed by atoms with Crippen LogP contribution in [0.25, 0.3) is 0 Å². The summed E-state index contributed by atoms with van der Waals surface area (Å²) >= 11 is 0. The third kappa shape index (κ3) is 4.27. The molecule has 164 valence electrons. The van der Waals surface area contributed by atoms with Gasteiger partial charge in [-0.3, -0.25) is 9.63 Å².